The van der Waals surface area contributed by atoms with Crippen LogP contribution in [0.2, 0.25) is 0 Å². The normalized spacial score (nSPS) is 17.9. The molecule has 1 aliphatic heterocycles. The molecule has 1 unspecified atom stereocenters. The molecule has 1 heterocycles. The summed E-state index contributed by atoms with van der Waals surface area (Å²) in [6, 6.07) is 7.53. The Bertz CT molecular complexity index is 430. The average molecular weight is 264 g/mol. The van der Waals surface area contributed by atoms with Crippen LogP contribution in [0, 0.1) is 0 Å². The Morgan fingerprint density at radius 3 is 2.63 bits per heavy atom. The van der Waals surface area contributed by atoms with Gasteiger partial charge in [0.15, 0.2) is 0 Å². The van der Waals surface area contributed by atoms with Gasteiger partial charge in [0.1, 0.15) is 6.04 Å². The van der Waals surface area contributed by atoms with Gasteiger partial charge in [0.2, 0.25) is 5.91 Å². The molecule has 3 N–H and O–H groups in total. The van der Waals surface area contributed by atoms with Crippen LogP contribution in [0.3, 0.4) is 0 Å². The van der Waals surface area contributed by atoms with Crippen molar-refractivity contribution in [3.8, 4) is 0 Å². The van der Waals surface area contributed by atoms with Crippen molar-refractivity contribution in [1.82, 2.24) is 10.2 Å². The van der Waals surface area contributed by atoms with E-state index in [9.17, 15) is 4.79 Å². The molecule has 5 heteroatoms. The van der Waals surface area contributed by atoms with Crippen LogP contribution in [0.5, 0.6) is 0 Å². The van der Waals surface area contributed by atoms with Crippen molar-refractivity contribution in [2.24, 2.45) is 0 Å². The van der Waals surface area contributed by atoms with E-state index in [0.717, 1.165) is 18.5 Å². The number of carbonyl (C=O) groups excluding carboxylic acids is 1. The third kappa shape index (κ3) is 3.12. The summed E-state index contributed by atoms with van der Waals surface area (Å²) in [6.45, 7) is 1.07. The zero-order chi connectivity index (χ0) is 13.7. The minimum Gasteiger partial charge on any atom is -0.395 e. The Balaban J connectivity index is 2.19. The van der Waals surface area contributed by atoms with E-state index in [1.54, 1.807) is 0 Å². The Labute approximate surface area is 112 Å². The summed E-state index contributed by atoms with van der Waals surface area (Å²) < 4.78 is 0. The van der Waals surface area contributed by atoms with Gasteiger partial charge in [0.05, 0.1) is 13.2 Å². The number of aliphatic hydroxyl groups is 2. The number of hydrogen-bond acceptors (Lipinski definition) is 4. The fourth-order valence-corrected chi connectivity index (χ4v) is 2.48. The van der Waals surface area contributed by atoms with Crippen molar-refractivity contribution >= 4 is 5.91 Å². The van der Waals surface area contributed by atoms with Crippen LogP contribution >= 0.6 is 0 Å². The van der Waals surface area contributed by atoms with Crippen LogP contribution < -0.4 is 5.32 Å². The summed E-state index contributed by atoms with van der Waals surface area (Å²) in [5.41, 5.74) is 2.19. The molecule has 0 bridgehead atoms. The van der Waals surface area contributed by atoms with Gasteiger partial charge in [-0.25, -0.2) is 0 Å². The van der Waals surface area contributed by atoms with Gasteiger partial charge in [-0.05, 0) is 17.5 Å². The molecule has 0 saturated heterocycles. The fourth-order valence-electron chi connectivity index (χ4n) is 2.48. The number of amides is 1. The second-order valence-corrected chi connectivity index (χ2v) is 4.61. The Morgan fingerprint density at radius 2 is 1.95 bits per heavy atom. The predicted molar refractivity (Wildman–Crippen MR) is 71.6 cm³/mol. The second-order valence-electron chi connectivity index (χ2n) is 4.61. The van der Waals surface area contributed by atoms with Gasteiger partial charge in [0, 0.05) is 19.6 Å². The van der Waals surface area contributed by atoms with E-state index in [2.05, 4.69) is 5.32 Å². The maximum absolute atomic E-state index is 12.5. The first-order valence-corrected chi connectivity index (χ1v) is 6.59. The molecule has 2 rings (SSSR count). The number of rotatable bonds is 5. The first-order valence-electron chi connectivity index (χ1n) is 6.59. The van der Waals surface area contributed by atoms with E-state index in [4.69, 9.17) is 10.2 Å². The molecule has 104 valence electrons. The second kappa shape index (κ2) is 6.65. The van der Waals surface area contributed by atoms with E-state index < -0.39 is 0 Å². The summed E-state index contributed by atoms with van der Waals surface area (Å²) in [5.74, 6) is -0.0877. The van der Waals surface area contributed by atoms with Crippen molar-refractivity contribution in [3.63, 3.8) is 0 Å². The first kappa shape index (κ1) is 14.0. The maximum Gasteiger partial charge on any atom is 0.244 e. The monoisotopic (exact) mass is 264 g/mol. The Morgan fingerprint density at radius 1 is 1.26 bits per heavy atom. The van der Waals surface area contributed by atoms with E-state index in [1.165, 1.54) is 10.5 Å². The molecule has 0 saturated carbocycles. The minimum atomic E-state index is -0.372. The molecule has 0 aliphatic carbocycles. The lowest BCUT2D eigenvalue weighted by Gasteiger charge is -2.31. The highest BCUT2D eigenvalue weighted by Crippen LogP contribution is 2.24. The predicted octanol–water partition coefficient (Wildman–Crippen LogP) is -0.313. The minimum absolute atomic E-state index is 0.0877. The van der Waals surface area contributed by atoms with Gasteiger partial charge in [0.25, 0.3) is 0 Å². The summed E-state index contributed by atoms with van der Waals surface area (Å²) in [5, 5.41) is 21.2. The number of nitrogens with zero attached hydrogens (tertiary/aromatic N) is 1. The zero-order valence-corrected chi connectivity index (χ0v) is 10.9. The van der Waals surface area contributed by atoms with Crippen LogP contribution in [-0.4, -0.2) is 53.9 Å². The maximum atomic E-state index is 12.5. The summed E-state index contributed by atoms with van der Waals surface area (Å²) >= 11 is 0. The number of aliphatic hydroxyl groups excluding tert-OH is 2. The van der Waals surface area contributed by atoms with E-state index >= 15 is 0 Å². The number of fused-ring (bicyclic) bond motifs is 1. The highest BCUT2D eigenvalue weighted by atomic mass is 16.3. The summed E-state index contributed by atoms with van der Waals surface area (Å²) in [7, 11) is 0. The first-order chi connectivity index (χ1) is 9.27. The molecule has 0 spiro atoms. The lowest BCUT2D eigenvalue weighted by molar-refractivity contribution is -0.134. The van der Waals surface area contributed by atoms with Crippen molar-refractivity contribution in [1.29, 1.82) is 0 Å². The quantitative estimate of drug-likeness (QED) is 0.682. The van der Waals surface area contributed by atoms with Crippen molar-refractivity contribution in [3.05, 3.63) is 35.4 Å². The molecule has 1 aromatic carbocycles. The Hall–Kier alpha value is -1.43. The van der Waals surface area contributed by atoms with Gasteiger partial charge in [-0.3, -0.25) is 4.79 Å². The van der Waals surface area contributed by atoms with Crippen LogP contribution in [0.15, 0.2) is 24.3 Å². The van der Waals surface area contributed by atoms with Crippen molar-refractivity contribution < 1.29 is 15.0 Å². The molecule has 5 nitrogen and oxygen atoms in total. The topological polar surface area (TPSA) is 72.8 Å². The fraction of sp³-hybridized carbons (Fsp3) is 0.500. The molecular weight excluding hydrogens is 244 g/mol. The van der Waals surface area contributed by atoms with Crippen LogP contribution in [-0.2, 0) is 11.2 Å². The number of hydrogen-bond donors (Lipinski definition) is 3. The van der Waals surface area contributed by atoms with Crippen LogP contribution in [0.25, 0.3) is 0 Å². The third-order valence-electron chi connectivity index (χ3n) is 3.41. The Kier molecular flexibility index (Phi) is 4.90. The molecule has 0 fully saturated rings. The number of carbonyl (C=O) groups is 1. The average Bonchev–Trinajstić information content (AvgIpc) is 2.46. The molecule has 0 radical (unpaired) electrons. The molecule has 1 aliphatic rings. The number of benzene rings is 1. The van der Waals surface area contributed by atoms with E-state index in [0.29, 0.717) is 0 Å². The molecule has 19 heavy (non-hydrogen) atoms. The number of nitrogens with one attached hydrogen (secondary N) is 1. The molecule has 0 aromatic heterocycles. The van der Waals surface area contributed by atoms with Gasteiger partial charge in [-0.15, -0.1) is 0 Å². The smallest absolute Gasteiger partial charge is 0.244 e. The van der Waals surface area contributed by atoms with Gasteiger partial charge in [-0.1, -0.05) is 24.3 Å². The van der Waals surface area contributed by atoms with Crippen molar-refractivity contribution in [2.75, 3.05) is 32.8 Å². The van der Waals surface area contributed by atoms with Gasteiger partial charge < -0.3 is 20.4 Å². The summed E-state index contributed by atoms with van der Waals surface area (Å²) in [4.78, 5) is 14.0. The summed E-state index contributed by atoms with van der Waals surface area (Å²) in [6.07, 6.45) is 0.917. The molecular formula is C14H20N2O3. The molecule has 1 atom stereocenters. The zero-order valence-electron chi connectivity index (χ0n) is 10.9. The van der Waals surface area contributed by atoms with Crippen LogP contribution in [0.4, 0.5) is 0 Å². The largest absolute Gasteiger partial charge is 0.395 e. The van der Waals surface area contributed by atoms with Gasteiger partial charge >= 0.3 is 0 Å². The lowest BCUT2D eigenvalue weighted by Crippen LogP contribution is -2.45. The third-order valence-corrected chi connectivity index (χ3v) is 3.41. The van der Waals surface area contributed by atoms with E-state index in [1.807, 2.05) is 24.3 Å². The SMILES string of the molecule is O=C(C1NCCc2ccccc21)N(CCO)CCO. The van der Waals surface area contributed by atoms with Gasteiger partial charge in [-0.2, -0.15) is 0 Å². The lowest BCUT2D eigenvalue weighted by atomic mass is 9.93. The van der Waals surface area contributed by atoms with Crippen LogP contribution in [0.1, 0.15) is 17.2 Å². The van der Waals surface area contributed by atoms with Crippen molar-refractivity contribution in [2.45, 2.75) is 12.5 Å². The van der Waals surface area contributed by atoms with E-state index in [-0.39, 0.29) is 38.3 Å². The molecule has 1 aromatic rings. The highest BCUT2D eigenvalue weighted by Gasteiger charge is 2.29. The highest BCUT2D eigenvalue weighted by molar-refractivity contribution is 5.84. The molecule has 1 amide bonds. The standard InChI is InChI=1S/C14H20N2O3/c17-9-7-16(8-10-18)14(19)13-12-4-2-1-3-11(12)5-6-15-13/h1-4,13,15,17-18H,5-10H2.